The summed E-state index contributed by atoms with van der Waals surface area (Å²) in [5.74, 6) is 1.05. The number of benzene rings is 1. The molecule has 0 radical (unpaired) electrons. The van der Waals surface area contributed by atoms with Gasteiger partial charge in [0.05, 0.1) is 23.8 Å². The van der Waals surface area contributed by atoms with Crippen LogP contribution < -0.4 is 5.32 Å². The van der Waals surface area contributed by atoms with Crippen LogP contribution in [0.5, 0.6) is 0 Å². The van der Waals surface area contributed by atoms with Crippen LogP contribution in [0.2, 0.25) is 0 Å². The average Bonchev–Trinajstić information content (AvgIpc) is 3.34. The molecule has 0 aliphatic carbocycles. The summed E-state index contributed by atoms with van der Waals surface area (Å²) in [6.07, 6.45) is 10.1. The van der Waals surface area contributed by atoms with Gasteiger partial charge in [-0.25, -0.2) is 19.6 Å². The highest BCUT2D eigenvalue weighted by molar-refractivity contribution is 6.04. The third kappa shape index (κ3) is 3.07. The third-order valence-electron chi connectivity index (χ3n) is 3.81. The fourth-order valence-electron chi connectivity index (χ4n) is 2.51. The molecule has 4 aromatic rings. The van der Waals surface area contributed by atoms with Gasteiger partial charge in [-0.3, -0.25) is 9.36 Å². The molecular formula is C18H15N7O. The van der Waals surface area contributed by atoms with Crippen LogP contribution in [0.1, 0.15) is 16.2 Å². The Kier molecular flexibility index (Phi) is 3.98. The fraction of sp³-hybridized carbons (Fsp3) is 0.0556. The molecule has 0 saturated carbocycles. The maximum atomic E-state index is 12.5. The van der Waals surface area contributed by atoms with Crippen molar-refractivity contribution < 1.29 is 4.79 Å². The number of aryl methyl sites for hydroxylation is 1. The molecule has 3 aromatic heterocycles. The molecule has 0 aliphatic heterocycles. The number of amides is 1. The second kappa shape index (κ2) is 6.60. The van der Waals surface area contributed by atoms with Gasteiger partial charge in [0.1, 0.15) is 5.82 Å². The van der Waals surface area contributed by atoms with Crippen LogP contribution in [0.25, 0.3) is 11.6 Å². The molecule has 3 heterocycles. The van der Waals surface area contributed by atoms with Crippen molar-refractivity contribution in [2.24, 2.45) is 0 Å². The number of nitrogens with zero attached hydrogens (tertiary/aromatic N) is 6. The van der Waals surface area contributed by atoms with E-state index in [9.17, 15) is 4.79 Å². The monoisotopic (exact) mass is 345 g/mol. The summed E-state index contributed by atoms with van der Waals surface area (Å²) >= 11 is 0. The van der Waals surface area contributed by atoms with Crippen molar-refractivity contribution in [2.45, 2.75) is 6.92 Å². The van der Waals surface area contributed by atoms with Crippen LogP contribution in [0, 0.1) is 6.92 Å². The predicted octanol–water partition coefficient (Wildman–Crippen LogP) is 2.41. The number of hydrogen-bond donors (Lipinski definition) is 1. The lowest BCUT2D eigenvalue weighted by atomic mass is 10.2. The first-order valence-corrected chi connectivity index (χ1v) is 7.94. The van der Waals surface area contributed by atoms with Crippen LogP contribution in [0.15, 0.2) is 67.5 Å². The van der Waals surface area contributed by atoms with E-state index in [0.29, 0.717) is 17.2 Å². The maximum absolute atomic E-state index is 12.5. The highest BCUT2D eigenvalue weighted by Gasteiger charge is 2.09. The zero-order chi connectivity index (χ0) is 17.9. The van der Waals surface area contributed by atoms with Crippen molar-refractivity contribution in [3.05, 3.63) is 78.9 Å². The van der Waals surface area contributed by atoms with E-state index in [1.54, 1.807) is 52.4 Å². The second-order valence-electron chi connectivity index (χ2n) is 5.57. The van der Waals surface area contributed by atoms with Crippen LogP contribution in [0.3, 0.4) is 0 Å². The molecule has 0 atom stereocenters. The topological polar surface area (TPSA) is 90.5 Å². The first-order valence-electron chi connectivity index (χ1n) is 7.94. The van der Waals surface area contributed by atoms with Crippen molar-refractivity contribution in [3.8, 4) is 11.6 Å². The molecule has 0 saturated heterocycles. The van der Waals surface area contributed by atoms with Crippen molar-refractivity contribution in [1.29, 1.82) is 0 Å². The first kappa shape index (κ1) is 15.7. The lowest BCUT2D eigenvalue weighted by molar-refractivity contribution is 0.102. The predicted molar refractivity (Wildman–Crippen MR) is 95.4 cm³/mol. The Bertz CT molecular complexity index is 1040. The molecule has 26 heavy (non-hydrogen) atoms. The molecule has 1 aromatic carbocycles. The van der Waals surface area contributed by atoms with Gasteiger partial charge in [-0.05, 0) is 31.2 Å². The van der Waals surface area contributed by atoms with Crippen LogP contribution >= 0.6 is 0 Å². The molecule has 0 fully saturated rings. The Morgan fingerprint density at radius 1 is 1.04 bits per heavy atom. The zero-order valence-electron chi connectivity index (χ0n) is 13.9. The van der Waals surface area contributed by atoms with Gasteiger partial charge in [-0.2, -0.15) is 5.10 Å². The van der Waals surface area contributed by atoms with Gasteiger partial charge in [0.2, 0.25) is 5.95 Å². The highest BCUT2D eigenvalue weighted by atomic mass is 16.1. The number of hydrogen-bond acceptors (Lipinski definition) is 5. The molecular weight excluding hydrogens is 330 g/mol. The summed E-state index contributed by atoms with van der Waals surface area (Å²) in [4.78, 5) is 25.2. The van der Waals surface area contributed by atoms with Crippen LogP contribution in [-0.4, -0.2) is 35.2 Å². The van der Waals surface area contributed by atoms with Crippen molar-refractivity contribution in [3.63, 3.8) is 0 Å². The summed E-state index contributed by atoms with van der Waals surface area (Å²) in [5.41, 5.74) is 1.85. The average molecular weight is 345 g/mol. The number of nitrogens with one attached hydrogen (secondary N) is 1. The van der Waals surface area contributed by atoms with Gasteiger partial charge in [0.15, 0.2) is 0 Å². The minimum Gasteiger partial charge on any atom is -0.319 e. The second-order valence-corrected chi connectivity index (χ2v) is 5.57. The summed E-state index contributed by atoms with van der Waals surface area (Å²) < 4.78 is 3.46. The van der Waals surface area contributed by atoms with Gasteiger partial charge in [0.25, 0.3) is 5.91 Å². The van der Waals surface area contributed by atoms with E-state index < -0.39 is 0 Å². The Morgan fingerprint density at radius 2 is 1.88 bits per heavy atom. The molecule has 8 heteroatoms. The Morgan fingerprint density at radius 3 is 2.58 bits per heavy atom. The minimum absolute atomic E-state index is 0.242. The molecule has 1 N–H and O–H groups in total. The molecule has 8 nitrogen and oxygen atoms in total. The summed E-state index contributed by atoms with van der Waals surface area (Å²) in [5, 5.41) is 6.97. The first-order chi connectivity index (χ1) is 12.7. The summed E-state index contributed by atoms with van der Waals surface area (Å²) in [6, 6.07) is 9.04. The Balaban J connectivity index is 1.52. The number of carbonyl (C=O) groups excluding carboxylic acids is 1. The van der Waals surface area contributed by atoms with E-state index in [1.165, 1.54) is 0 Å². The quantitative estimate of drug-likeness (QED) is 0.613. The molecule has 4 rings (SSSR count). The number of rotatable bonds is 4. The molecule has 0 aliphatic rings. The molecule has 0 unspecified atom stereocenters. The third-order valence-corrected chi connectivity index (χ3v) is 3.81. The van der Waals surface area contributed by atoms with Gasteiger partial charge < -0.3 is 5.32 Å². The number of imidazole rings is 1. The van der Waals surface area contributed by atoms with E-state index in [2.05, 4.69) is 25.4 Å². The van der Waals surface area contributed by atoms with Crippen LogP contribution in [-0.2, 0) is 0 Å². The summed E-state index contributed by atoms with van der Waals surface area (Å²) in [7, 11) is 0. The normalized spacial score (nSPS) is 10.7. The van der Waals surface area contributed by atoms with Crippen LogP contribution in [0.4, 0.5) is 5.69 Å². The summed E-state index contributed by atoms with van der Waals surface area (Å²) in [6.45, 7) is 1.87. The standard InChI is InChI=1S/C18H15N7O/c1-13-19-7-9-24(13)18-20-11-15(12-21-18)23-17(26)14-4-2-5-16(10-14)25-8-3-6-22-25/h2-12H,1H3,(H,23,26). The van der Waals surface area contributed by atoms with E-state index >= 15 is 0 Å². The number of carbonyl (C=O) groups is 1. The smallest absolute Gasteiger partial charge is 0.255 e. The Hall–Kier alpha value is -3.81. The molecule has 1 amide bonds. The van der Waals surface area contributed by atoms with E-state index in [4.69, 9.17) is 0 Å². The van der Waals surface area contributed by atoms with E-state index in [-0.39, 0.29) is 5.91 Å². The molecule has 0 bridgehead atoms. The fourth-order valence-corrected chi connectivity index (χ4v) is 2.51. The SMILES string of the molecule is Cc1nccn1-c1ncc(NC(=O)c2cccc(-n3cccn3)c2)cn1. The van der Waals surface area contributed by atoms with Crippen molar-refractivity contribution in [1.82, 2.24) is 29.3 Å². The molecule has 0 spiro atoms. The van der Waals surface area contributed by atoms with Gasteiger partial charge in [-0.15, -0.1) is 0 Å². The van der Waals surface area contributed by atoms with Gasteiger partial charge in [0, 0.05) is 30.4 Å². The highest BCUT2D eigenvalue weighted by Crippen LogP contribution is 2.13. The lowest BCUT2D eigenvalue weighted by Crippen LogP contribution is -2.13. The number of anilines is 1. The largest absolute Gasteiger partial charge is 0.319 e. The maximum Gasteiger partial charge on any atom is 0.255 e. The Labute approximate surface area is 149 Å². The minimum atomic E-state index is -0.242. The number of aromatic nitrogens is 6. The van der Waals surface area contributed by atoms with Crippen molar-refractivity contribution in [2.75, 3.05) is 5.32 Å². The van der Waals surface area contributed by atoms with E-state index in [1.807, 2.05) is 31.3 Å². The van der Waals surface area contributed by atoms with Gasteiger partial charge >= 0.3 is 0 Å². The van der Waals surface area contributed by atoms with Crippen molar-refractivity contribution >= 4 is 11.6 Å². The van der Waals surface area contributed by atoms with Gasteiger partial charge in [-0.1, -0.05) is 6.07 Å². The lowest BCUT2D eigenvalue weighted by Gasteiger charge is -2.08. The molecule has 128 valence electrons. The van der Waals surface area contributed by atoms with E-state index in [0.717, 1.165) is 11.5 Å². The zero-order valence-corrected chi connectivity index (χ0v) is 13.9.